The highest BCUT2D eigenvalue weighted by molar-refractivity contribution is 5.87. The standard InChI is InChI=1S/C32H40N2O3/c1-33-9-11-34(12-10-33)21-28-16-26(4-3-25(28)6-8-31(36)37-2)27-5-7-30(35)29(17-27)32-18-22-13-23(19-32)15-24(14-22)20-32/h3-8,16-17,22-24,35H,9-15,18-21H2,1-2H3. The van der Waals surface area contributed by atoms with E-state index in [4.69, 9.17) is 4.74 Å². The topological polar surface area (TPSA) is 53.0 Å². The number of ether oxygens (including phenoxy) is 1. The second-order valence-corrected chi connectivity index (χ2v) is 12.3. The molecule has 1 N–H and O–H groups in total. The second kappa shape index (κ2) is 9.92. The summed E-state index contributed by atoms with van der Waals surface area (Å²) >= 11 is 0. The number of rotatable bonds is 6. The van der Waals surface area contributed by atoms with Gasteiger partial charge in [-0.3, -0.25) is 4.90 Å². The molecule has 1 saturated heterocycles. The van der Waals surface area contributed by atoms with Gasteiger partial charge in [0.2, 0.25) is 0 Å². The fourth-order valence-electron chi connectivity index (χ4n) is 8.14. The summed E-state index contributed by atoms with van der Waals surface area (Å²) in [6, 6.07) is 12.8. The Bertz CT molecular complexity index is 1160. The molecule has 2 aromatic carbocycles. The summed E-state index contributed by atoms with van der Waals surface area (Å²) < 4.78 is 4.83. The van der Waals surface area contributed by atoms with Crippen LogP contribution in [0.25, 0.3) is 17.2 Å². The van der Waals surface area contributed by atoms with Gasteiger partial charge in [-0.1, -0.05) is 18.2 Å². The van der Waals surface area contributed by atoms with Gasteiger partial charge in [-0.15, -0.1) is 0 Å². The van der Waals surface area contributed by atoms with Gasteiger partial charge in [0.05, 0.1) is 7.11 Å². The van der Waals surface area contributed by atoms with E-state index in [0.29, 0.717) is 5.75 Å². The molecule has 7 rings (SSSR count). The smallest absolute Gasteiger partial charge is 0.330 e. The van der Waals surface area contributed by atoms with Crippen molar-refractivity contribution in [3.8, 4) is 16.9 Å². The average Bonchev–Trinajstić information content (AvgIpc) is 2.88. The largest absolute Gasteiger partial charge is 0.508 e. The van der Waals surface area contributed by atoms with E-state index in [0.717, 1.165) is 56.0 Å². The highest BCUT2D eigenvalue weighted by Gasteiger charge is 2.52. The maximum absolute atomic E-state index is 11.8. The first-order chi connectivity index (χ1) is 17.9. The minimum atomic E-state index is -0.339. The lowest BCUT2D eigenvalue weighted by atomic mass is 9.48. The summed E-state index contributed by atoms with van der Waals surface area (Å²) in [4.78, 5) is 16.7. The van der Waals surface area contributed by atoms with E-state index in [1.807, 2.05) is 12.1 Å². The Morgan fingerprint density at radius 2 is 1.59 bits per heavy atom. The van der Waals surface area contributed by atoms with Crippen LogP contribution in [0.2, 0.25) is 0 Å². The number of carbonyl (C=O) groups is 1. The molecular formula is C32H40N2O3. The van der Waals surface area contributed by atoms with E-state index < -0.39 is 0 Å². The lowest BCUT2D eigenvalue weighted by molar-refractivity contribution is -0.134. The van der Waals surface area contributed by atoms with Crippen molar-refractivity contribution in [3.05, 3.63) is 59.2 Å². The fraction of sp³-hybridized carbons (Fsp3) is 0.531. The van der Waals surface area contributed by atoms with E-state index in [-0.39, 0.29) is 11.4 Å². The molecule has 0 unspecified atom stereocenters. The SMILES string of the molecule is COC(=O)C=Cc1ccc(-c2ccc(O)c(C34CC5CC(CC(C5)C3)C4)c2)cc1CN1CCN(C)CC1. The van der Waals surface area contributed by atoms with E-state index in [1.54, 1.807) is 0 Å². The summed E-state index contributed by atoms with van der Waals surface area (Å²) in [5.41, 5.74) is 5.94. The van der Waals surface area contributed by atoms with Crippen molar-refractivity contribution < 1.29 is 14.6 Å². The van der Waals surface area contributed by atoms with Gasteiger partial charge < -0.3 is 14.7 Å². The highest BCUT2D eigenvalue weighted by atomic mass is 16.5. The Balaban J connectivity index is 1.33. The summed E-state index contributed by atoms with van der Waals surface area (Å²) in [6.07, 6.45) is 11.3. The number of aromatic hydroxyl groups is 1. The van der Waals surface area contributed by atoms with Crippen molar-refractivity contribution in [2.75, 3.05) is 40.3 Å². The molecule has 1 heterocycles. The van der Waals surface area contributed by atoms with E-state index in [2.05, 4.69) is 47.2 Å². The zero-order valence-electron chi connectivity index (χ0n) is 22.3. The van der Waals surface area contributed by atoms with Crippen LogP contribution in [0.4, 0.5) is 0 Å². The van der Waals surface area contributed by atoms with Crippen molar-refractivity contribution in [3.63, 3.8) is 0 Å². The molecule has 5 heteroatoms. The van der Waals surface area contributed by atoms with E-state index in [1.165, 1.54) is 74.0 Å². The molecule has 0 aromatic heterocycles. The van der Waals surface area contributed by atoms with Gasteiger partial charge >= 0.3 is 5.97 Å². The van der Waals surface area contributed by atoms with Crippen LogP contribution >= 0.6 is 0 Å². The van der Waals surface area contributed by atoms with Gasteiger partial charge in [0.1, 0.15) is 5.75 Å². The lowest BCUT2D eigenvalue weighted by Crippen LogP contribution is -2.48. The van der Waals surface area contributed by atoms with Crippen molar-refractivity contribution >= 4 is 12.0 Å². The number of likely N-dealkylation sites (N-methyl/N-ethyl adjacent to an activating group) is 1. The molecule has 2 aromatic rings. The molecule has 0 spiro atoms. The number of phenols is 1. The number of nitrogens with zero attached hydrogens (tertiary/aromatic N) is 2. The van der Waals surface area contributed by atoms with E-state index >= 15 is 0 Å². The third kappa shape index (κ3) is 4.96. The van der Waals surface area contributed by atoms with Crippen LogP contribution in [0.15, 0.2) is 42.5 Å². The third-order valence-corrected chi connectivity index (χ3v) is 9.67. The molecule has 5 nitrogen and oxygen atoms in total. The molecule has 4 aliphatic carbocycles. The predicted molar refractivity (Wildman–Crippen MR) is 147 cm³/mol. The maximum atomic E-state index is 11.8. The van der Waals surface area contributed by atoms with Crippen LogP contribution in [0.3, 0.4) is 0 Å². The number of hydrogen-bond acceptors (Lipinski definition) is 5. The van der Waals surface area contributed by atoms with Crippen LogP contribution in [0.5, 0.6) is 5.75 Å². The molecule has 5 fully saturated rings. The minimum Gasteiger partial charge on any atom is -0.508 e. The summed E-state index contributed by atoms with van der Waals surface area (Å²) in [5.74, 6) is 2.65. The average molecular weight is 501 g/mol. The Kier molecular flexibility index (Phi) is 6.62. The number of methoxy groups -OCH3 is 1. The molecular weight excluding hydrogens is 460 g/mol. The van der Waals surface area contributed by atoms with Crippen molar-refractivity contribution in [1.29, 1.82) is 0 Å². The van der Waals surface area contributed by atoms with Gasteiger partial charge in [0.15, 0.2) is 0 Å². The van der Waals surface area contributed by atoms with Crippen LogP contribution in [-0.2, 0) is 21.5 Å². The number of esters is 1. The van der Waals surface area contributed by atoms with Gasteiger partial charge in [0, 0.05) is 44.4 Å². The number of hydrogen-bond donors (Lipinski definition) is 1. The number of phenolic OH excluding ortho intramolecular Hbond substituents is 1. The zero-order chi connectivity index (χ0) is 25.6. The molecule has 0 atom stereocenters. The first-order valence-corrected chi connectivity index (χ1v) is 14.0. The van der Waals surface area contributed by atoms with E-state index in [9.17, 15) is 9.90 Å². The lowest BCUT2D eigenvalue weighted by Gasteiger charge is -2.57. The number of piperazine rings is 1. The van der Waals surface area contributed by atoms with Crippen LogP contribution in [0.1, 0.15) is 55.2 Å². The van der Waals surface area contributed by atoms with Gasteiger partial charge in [0.25, 0.3) is 0 Å². The second-order valence-electron chi connectivity index (χ2n) is 12.3. The quantitative estimate of drug-likeness (QED) is 0.422. The molecule has 5 aliphatic rings. The molecule has 37 heavy (non-hydrogen) atoms. The number of benzene rings is 2. The molecule has 196 valence electrons. The Morgan fingerprint density at radius 1 is 0.973 bits per heavy atom. The summed E-state index contributed by atoms with van der Waals surface area (Å²) in [5, 5.41) is 11.1. The highest BCUT2D eigenvalue weighted by Crippen LogP contribution is 2.62. The van der Waals surface area contributed by atoms with Gasteiger partial charge in [-0.2, -0.15) is 0 Å². The molecule has 0 radical (unpaired) electrons. The Labute approximate surface area is 221 Å². The summed E-state index contributed by atoms with van der Waals surface area (Å²) in [7, 11) is 3.59. The van der Waals surface area contributed by atoms with Crippen molar-refractivity contribution in [1.82, 2.24) is 9.80 Å². The monoisotopic (exact) mass is 500 g/mol. The van der Waals surface area contributed by atoms with Crippen LogP contribution in [-0.4, -0.2) is 61.2 Å². The summed E-state index contributed by atoms with van der Waals surface area (Å²) in [6.45, 7) is 5.06. The predicted octanol–water partition coefficient (Wildman–Crippen LogP) is 5.46. The first kappa shape index (κ1) is 24.7. The van der Waals surface area contributed by atoms with Gasteiger partial charge in [-0.25, -0.2) is 4.79 Å². The molecule has 1 aliphatic heterocycles. The molecule has 4 bridgehead atoms. The normalized spacial score (nSPS) is 29.7. The Hall–Kier alpha value is -2.63. The maximum Gasteiger partial charge on any atom is 0.330 e. The van der Waals surface area contributed by atoms with Gasteiger partial charge in [-0.05, 0) is 115 Å². The third-order valence-electron chi connectivity index (χ3n) is 9.67. The zero-order valence-corrected chi connectivity index (χ0v) is 22.3. The van der Waals surface area contributed by atoms with Crippen molar-refractivity contribution in [2.24, 2.45) is 17.8 Å². The fourth-order valence-corrected chi connectivity index (χ4v) is 8.14. The number of carbonyl (C=O) groups excluding carboxylic acids is 1. The van der Waals surface area contributed by atoms with Crippen LogP contribution < -0.4 is 0 Å². The Morgan fingerprint density at radius 3 is 2.24 bits per heavy atom. The minimum absolute atomic E-state index is 0.153. The first-order valence-electron chi connectivity index (χ1n) is 14.0. The molecule has 4 saturated carbocycles. The molecule has 0 amide bonds. The van der Waals surface area contributed by atoms with Crippen molar-refractivity contribution in [2.45, 2.75) is 50.5 Å². The van der Waals surface area contributed by atoms with Crippen LogP contribution in [0, 0.1) is 17.8 Å².